The fraction of sp³-hybridized carbons (Fsp3) is 0.127. The van der Waals surface area contributed by atoms with Crippen molar-refractivity contribution >= 4 is 39.7 Å². The molecule has 0 spiro atoms. The second kappa shape index (κ2) is 16.2. The van der Waals surface area contributed by atoms with Crippen molar-refractivity contribution in [3.05, 3.63) is 209 Å². The number of aryl methyl sites for hydroxylation is 2. The van der Waals surface area contributed by atoms with E-state index in [1.54, 1.807) is 0 Å². The molecule has 2 heteroatoms. The van der Waals surface area contributed by atoms with Gasteiger partial charge >= 0.3 is 0 Å². The van der Waals surface area contributed by atoms with Crippen LogP contribution in [0.3, 0.4) is 0 Å². The Bertz CT molecular complexity index is 2840. The van der Waals surface area contributed by atoms with Crippen molar-refractivity contribution in [2.45, 2.75) is 41.2 Å². The number of nitrogens with zero attached hydrogens (tertiary/aromatic N) is 2. The summed E-state index contributed by atoms with van der Waals surface area (Å²) < 4.78 is 0. The summed E-state index contributed by atoms with van der Waals surface area (Å²) in [7, 11) is 0. The minimum Gasteiger partial charge on any atom is -0.280 e. The lowest BCUT2D eigenvalue weighted by molar-refractivity contribution is 0.801. The third-order valence-corrected chi connectivity index (χ3v) is 11.3. The van der Waals surface area contributed by atoms with Gasteiger partial charge in [0.25, 0.3) is 0 Å². The molecule has 8 aromatic carbocycles. The van der Waals surface area contributed by atoms with Crippen molar-refractivity contribution < 1.29 is 0 Å². The Hall–Kier alpha value is -6.64. The molecule has 0 unspecified atom stereocenters. The molecule has 0 fully saturated rings. The van der Waals surface area contributed by atoms with E-state index in [2.05, 4.69) is 211 Å². The van der Waals surface area contributed by atoms with Gasteiger partial charge in [0.05, 0.1) is 18.0 Å². The van der Waals surface area contributed by atoms with Crippen LogP contribution in [0.2, 0.25) is 0 Å². The number of hydrogen-bond acceptors (Lipinski definition) is 2. The molecule has 0 N–H and O–H groups in total. The first-order valence-corrected chi connectivity index (χ1v) is 19.9. The lowest BCUT2D eigenvalue weighted by Gasteiger charge is -2.20. The molecule has 0 saturated carbocycles. The smallest absolute Gasteiger partial charge is 0.0753 e. The van der Waals surface area contributed by atoms with Gasteiger partial charge in [0.2, 0.25) is 0 Å². The number of fused-ring (bicyclic) bond motifs is 3. The fourth-order valence-electron chi connectivity index (χ4n) is 8.41. The Labute approximate surface area is 337 Å². The summed E-state index contributed by atoms with van der Waals surface area (Å²) in [6.45, 7) is 15.6. The van der Waals surface area contributed by atoms with Crippen molar-refractivity contribution in [2.24, 2.45) is 15.9 Å². The van der Waals surface area contributed by atoms with Crippen LogP contribution in [-0.2, 0) is 6.54 Å². The molecule has 0 aliphatic rings. The molecule has 2 nitrogen and oxygen atoms in total. The molecule has 0 aliphatic carbocycles. The summed E-state index contributed by atoms with van der Waals surface area (Å²) in [6.07, 6.45) is 0. The first-order valence-electron chi connectivity index (χ1n) is 19.9. The van der Waals surface area contributed by atoms with E-state index in [0.29, 0.717) is 6.54 Å². The Morgan fingerprint density at radius 3 is 1.84 bits per heavy atom. The van der Waals surface area contributed by atoms with E-state index in [1.165, 1.54) is 66.1 Å². The molecular formula is C55H48N2. The highest BCUT2D eigenvalue weighted by Gasteiger charge is 2.21. The number of aliphatic imine (C=N–C) groups is 2. The minimum atomic E-state index is 0.141. The molecule has 0 radical (unpaired) electrons. The lowest BCUT2D eigenvalue weighted by Crippen LogP contribution is -2.14. The maximum Gasteiger partial charge on any atom is 0.0753 e. The molecule has 8 aromatic rings. The average Bonchev–Trinajstić information content (AvgIpc) is 3.24. The SMILES string of the molecule is C=N/C(=C(\C(=NCc1cc(-c2cccc(-c3ccccc3C)c2C)cc(-c2cc3ccccc3c3ccccc23)c1)c1ccccc1)C(C)C)c1ccccc1C. The van der Waals surface area contributed by atoms with Gasteiger partial charge in [0.1, 0.15) is 0 Å². The van der Waals surface area contributed by atoms with E-state index in [1.807, 2.05) is 0 Å². The van der Waals surface area contributed by atoms with Gasteiger partial charge in [0, 0.05) is 16.7 Å². The van der Waals surface area contributed by atoms with Gasteiger partial charge in [-0.1, -0.05) is 159 Å². The molecule has 0 saturated heterocycles. The molecule has 0 aromatic heterocycles. The summed E-state index contributed by atoms with van der Waals surface area (Å²) in [4.78, 5) is 10.3. The Kier molecular flexibility index (Phi) is 10.6. The van der Waals surface area contributed by atoms with Crippen LogP contribution in [0.25, 0.3) is 60.6 Å². The maximum atomic E-state index is 5.56. The summed E-state index contributed by atoms with van der Waals surface area (Å²) in [5.41, 5.74) is 17.2. The number of rotatable bonds is 10. The fourth-order valence-corrected chi connectivity index (χ4v) is 8.41. The molecule has 0 atom stereocenters. The zero-order valence-corrected chi connectivity index (χ0v) is 33.6. The summed E-state index contributed by atoms with van der Waals surface area (Å²) >= 11 is 0. The van der Waals surface area contributed by atoms with E-state index in [9.17, 15) is 0 Å². The average molecular weight is 737 g/mol. The van der Waals surface area contributed by atoms with Gasteiger partial charge in [-0.15, -0.1) is 0 Å². The van der Waals surface area contributed by atoms with Gasteiger partial charge in [0.15, 0.2) is 0 Å². The lowest BCUT2D eigenvalue weighted by atomic mass is 9.87. The van der Waals surface area contributed by atoms with Crippen molar-refractivity contribution in [3.8, 4) is 33.4 Å². The molecule has 0 heterocycles. The zero-order chi connectivity index (χ0) is 39.5. The van der Waals surface area contributed by atoms with Crippen LogP contribution in [0.5, 0.6) is 0 Å². The number of benzene rings is 8. The third kappa shape index (κ3) is 7.39. The predicted molar refractivity (Wildman–Crippen MR) is 246 cm³/mol. The first kappa shape index (κ1) is 37.3. The van der Waals surface area contributed by atoms with Gasteiger partial charge < -0.3 is 0 Å². The molecule has 0 aliphatic heterocycles. The molecule has 57 heavy (non-hydrogen) atoms. The Morgan fingerprint density at radius 1 is 0.526 bits per heavy atom. The Morgan fingerprint density at radius 2 is 1.12 bits per heavy atom. The van der Waals surface area contributed by atoms with Crippen LogP contribution < -0.4 is 0 Å². The molecule has 0 amide bonds. The van der Waals surface area contributed by atoms with E-state index < -0.39 is 0 Å². The van der Waals surface area contributed by atoms with Crippen molar-refractivity contribution in [3.63, 3.8) is 0 Å². The number of allylic oxidation sites excluding steroid dienone is 1. The van der Waals surface area contributed by atoms with Crippen LogP contribution in [0.1, 0.15) is 47.2 Å². The summed E-state index contributed by atoms with van der Waals surface area (Å²) in [6, 6.07) is 61.3. The van der Waals surface area contributed by atoms with Crippen molar-refractivity contribution in [1.29, 1.82) is 0 Å². The highest BCUT2D eigenvalue weighted by atomic mass is 14.8. The summed E-state index contributed by atoms with van der Waals surface area (Å²) in [5, 5.41) is 4.99. The first-order chi connectivity index (χ1) is 27.8. The Balaban J connectivity index is 1.37. The normalized spacial score (nSPS) is 12.3. The predicted octanol–water partition coefficient (Wildman–Crippen LogP) is 14.7. The molecule has 0 bridgehead atoms. The zero-order valence-electron chi connectivity index (χ0n) is 33.6. The topological polar surface area (TPSA) is 24.7 Å². The largest absolute Gasteiger partial charge is 0.280 e. The summed E-state index contributed by atoms with van der Waals surface area (Å²) in [5.74, 6) is 0.141. The molecule has 8 rings (SSSR count). The second-order valence-electron chi connectivity index (χ2n) is 15.3. The van der Waals surface area contributed by atoms with Crippen molar-refractivity contribution in [1.82, 2.24) is 0 Å². The molecule has 278 valence electrons. The number of hydrogen-bond donors (Lipinski definition) is 0. The van der Waals surface area contributed by atoms with Gasteiger partial charge in [-0.3, -0.25) is 9.98 Å². The van der Waals surface area contributed by atoms with Crippen LogP contribution in [0.4, 0.5) is 0 Å². The minimum absolute atomic E-state index is 0.141. The van der Waals surface area contributed by atoms with E-state index >= 15 is 0 Å². The van der Waals surface area contributed by atoms with Crippen molar-refractivity contribution in [2.75, 3.05) is 0 Å². The standard InChI is InChI=1S/C55H48N2/c1-36(2)53(55(56-6)46-25-14-11-20-38(46)4)54(41-21-8-7-9-22-41)57-35-40-31-43(47-29-18-30-48(39(47)5)45-24-13-10-19-37(45)3)33-44(32-40)52-34-42-23-12-15-26-49(42)50-27-16-17-28-51(50)52/h7-34,36H,6,35H2,1-5H3/b55-53-,57-54?. The van der Waals surface area contributed by atoms with Gasteiger partial charge in [-0.25, -0.2) is 0 Å². The van der Waals surface area contributed by atoms with E-state index in [-0.39, 0.29) is 5.92 Å². The van der Waals surface area contributed by atoms with Crippen LogP contribution in [-0.4, -0.2) is 12.4 Å². The van der Waals surface area contributed by atoms with E-state index in [0.717, 1.165) is 39.2 Å². The maximum absolute atomic E-state index is 5.56. The highest BCUT2D eigenvalue weighted by Crippen LogP contribution is 2.40. The molecular weight excluding hydrogens is 689 g/mol. The quantitative estimate of drug-likeness (QED) is 0.0987. The van der Waals surface area contributed by atoms with Crippen LogP contribution in [0.15, 0.2) is 185 Å². The van der Waals surface area contributed by atoms with Gasteiger partial charge in [-0.2, -0.15) is 0 Å². The van der Waals surface area contributed by atoms with Crippen LogP contribution in [0, 0.1) is 26.7 Å². The third-order valence-electron chi connectivity index (χ3n) is 11.3. The van der Waals surface area contributed by atoms with E-state index in [4.69, 9.17) is 9.98 Å². The monoisotopic (exact) mass is 736 g/mol. The highest BCUT2D eigenvalue weighted by molar-refractivity contribution is 6.17. The van der Waals surface area contributed by atoms with Crippen LogP contribution >= 0.6 is 0 Å². The second-order valence-corrected chi connectivity index (χ2v) is 15.3. The van der Waals surface area contributed by atoms with Gasteiger partial charge in [-0.05, 0) is 135 Å².